The minimum Gasteiger partial charge on any atom is -0.444 e. The van der Waals surface area contributed by atoms with Crippen LogP contribution in [0.1, 0.15) is 90.9 Å². The Morgan fingerprint density at radius 3 is 2.37 bits per heavy atom. The van der Waals surface area contributed by atoms with Crippen LogP contribution in [-0.4, -0.2) is 102 Å². The zero-order valence-corrected chi connectivity index (χ0v) is 32.2. The molecule has 15 heteroatoms. The minimum atomic E-state index is -2.01. The number of carbonyl (C=O) groups excluding carboxylic acids is 3. The number of likely N-dealkylation sites (tertiary alicyclic amines) is 2. The van der Waals surface area contributed by atoms with E-state index in [9.17, 15) is 28.8 Å². The van der Waals surface area contributed by atoms with Crippen molar-refractivity contribution in [3.8, 4) is 10.4 Å². The summed E-state index contributed by atoms with van der Waals surface area (Å²) in [5.74, 6) is -0.486. The van der Waals surface area contributed by atoms with Crippen LogP contribution < -0.4 is 10.7 Å². The fourth-order valence-corrected chi connectivity index (χ4v) is 8.56. The van der Waals surface area contributed by atoms with Crippen LogP contribution in [0.25, 0.3) is 10.4 Å². The maximum Gasteiger partial charge on any atom is 0.410 e. The number of ether oxygens (including phenoxy) is 1. The van der Waals surface area contributed by atoms with Crippen LogP contribution >= 0.6 is 23.1 Å². The van der Waals surface area contributed by atoms with Crippen LogP contribution in [0, 0.1) is 17.7 Å². The Labute approximate surface area is 307 Å². The number of hydrazine groups is 1. The number of halogens is 1. The van der Waals surface area contributed by atoms with Crippen molar-refractivity contribution in [3.63, 3.8) is 0 Å². The first-order chi connectivity index (χ1) is 23.9. The largest absolute Gasteiger partial charge is 0.444 e. The zero-order chi connectivity index (χ0) is 37.3. The van der Waals surface area contributed by atoms with E-state index >= 15 is 0 Å². The van der Waals surface area contributed by atoms with E-state index in [-0.39, 0.29) is 37.8 Å². The lowest BCUT2D eigenvalue weighted by molar-refractivity contribution is -0.660. The molecule has 3 fully saturated rings. The summed E-state index contributed by atoms with van der Waals surface area (Å²) in [6.07, 6.45) is -0.630. The molecule has 0 bridgehead atoms. The summed E-state index contributed by atoms with van der Waals surface area (Å²) in [4.78, 5) is 62.6. The molecule has 0 radical (unpaired) electrons. The molecule has 3 amide bonds. The number of piperidine rings is 1. The average Bonchev–Trinajstić information content (AvgIpc) is 3.48. The zero-order valence-electron chi connectivity index (χ0n) is 30.6. The first-order valence-electron chi connectivity index (χ1n) is 17.7. The number of hydrogen-bond acceptors (Lipinski definition) is 9. The number of rotatable bonds is 12. The molecule has 0 unspecified atom stereocenters. The molecule has 1 saturated carbocycles. The molecule has 2 saturated heterocycles. The Hall–Kier alpha value is -3.30. The number of β-amino-alcohol motifs (C(OH)–C–C–N with tert-alkyl or cyclic N) is 1. The van der Waals surface area contributed by atoms with Gasteiger partial charge in [0.2, 0.25) is 0 Å². The summed E-state index contributed by atoms with van der Waals surface area (Å²) in [7, 11) is 0. The van der Waals surface area contributed by atoms with E-state index in [1.54, 1.807) is 21.7 Å². The van der Waals surface area contributed by atoms with Gasteiger partial charge < -0.3 is 20.1 Å². The monoisotopic (exact) mass is 747 g/mol. The van der Waals surface area contributed by atoms with Crippen molar-refractivity contribution < 1.29 is 33.5 Å². The lowest BCUT2D eigenvalue weighted by Gasteiger charge is -2.38. The molecular formula is C36H52FN6O6S2+. The molecule has 1 aliphatic carbocycles. The quantitative estimate of drug-likeness (QED) is 0.189. The minimum absolute atomic E-state index is 0.00998. The lowest BCUT2D eigenvalue weighted by atomic mass is 9.99. The van der Waals surface area contributed by atoms with Crippen LogP contribution in [0.5, 0.6) is 0 Å². The smallest absolute Gasteiger partial charge is 0.410 e. The Bertz CT molecular complexity index is 1580. The molecule has 1 aromatic carbocycles. The van der Waals surface area contributed by atoms with Gasteiger partial charge in [-0.1, -0.05) is 24.3 Å². The fourth-order valence-electron chi connectivity index (χ4n) is 6.43. The first-order valence-corrected chi connectivity index (χ1v) is 19.6. The van der Waals surface area contributed by atoms with E-state index in [1.807, 2.05) is 72.7 Å². The van der Waals surface area contributed by atoms with Gasteiger partial charge in [-0.05, 0) is 96.9 Å². The molecule has 51 heavy (non-hydrogen) atoms. The maximum absolute atomic E-state index is 15.0. The van der Waals surface area contributed by atoms with E-state index in [0.717, 1.165) is 34.5 Å². The topological polar surface area (TPSA) is 144 Å². The Morgan fingerprint density at radius 1 is 1.16 bits per heavy atom. The number of aliphatic hydroxyl groups is 1. The summed E-state index contributed by atoms with van der Waals surface area (Å²) in [6, 6.07) is 6.25. The highest BCUT2D eigenvalue weighted by Crippen LogP contribution is 2.41. The molecule has 0 spiro atoms. The van der Waals surface area contributed by atoms with E-state index < -0.39 is 52.2 Å². The molecule has 3 heterocycles. The average molecular weight is 748 g/mol. The number of benzene rings is 1. The van der Waals surface area contributed by atoms with Gasteiger partial charge in [-0.2, -0.15) is 11.8 Å². The van der Waals surface area contributed by atoms with Crippen LogP contribution in [0.3, 0.4) is 0 Å². The van der Waals surface area contributed by atoms with Crippen molar-refractivity contribution in [2.45, 2.75) is 121 Å². The number of alkyl halides is 1. The standard InChI is InChI=1S/C36H51FN6O6S2/c1-22(25-8-10-26(11-9-25)29-23(2)38-21-50-29)40-43(48)28-18-27(44)19-42(28)31(45)30(39-32(46)36(37)14-15-36)35(6,7)51-20-24-12-16-41(17-13-24)33(47)49-34(3,4)5/h8-11,21-22,24,27-28,30,44H,12-20H2,1-7H3,(H-,39,40,46,48)/p+1/t22-,27+,28+,30+/m0/s1. The number of nitrogens with one attached hydrogen (secondary N) is 2. The van der Waals surface area contributed by atoms with Gasteiger partial charge >= 0.3 is 12.3 Å². The van der Waals surface area contributed by atoms with Crippen LogP contribution in [-0.2, 0) is 14.3 Å². The van der Waals surface area contributed by atoms with Gasteiger partial charge in [-0.3, -0.25) is 14.5 Å². The van der Waals surface area contributed by atoms with E-state index in [4.69, 9.17) is 4.74 Å². The summed E-state index contributed by atoms with van der Waals surface area (Å²) in [5, 5.41) is 13.4. The van der Waals surface area contributed by atoms with Gasteiger partial charge in [0.15, 0.2) is 5.67 Å². The molecule has 3 aliphatic rings. The van der Waals surface area contributed by atoms with Crippen LogP contribution in [0.2, 0.25) is 0 Å². The highest BCUT2D eigenvalue weighted by atomic mass is 32.2. The maximum atomic E-state index is 15.0. The van der Waals surface area contributed by atoms with Crippen molar-refractivity contribution in [2.24, 2.45) is 5.92 Å². The van der Waals surface area contributed by atoms with Crippen LogP contribution in [0.4, 0.5) is 9.18 Å². The third kappa shape index (κ3) is 9.58. The van der Waals surface area contributed by atoms with Gasteiger partial charge in [0.1, 0.15) is 22.6 Å². The van der Waals surface area contributed by atoms with Crippen molar-refractivity contribution in [1.29, 1.82) is 0 Å². The van der Waals surface area contributed by atoms with Gasteiger partial charge in [0.25, 0.3) is 11.8 Å². The lowest BCUT2D eigenvalue weighted by Crippen LogP contribution is -2.61. The van der Waals surface area contributed by atoms with E-state index in [1.165, 1.54) is 16.7 Å². The van der Waals surface area contributed by atoms with Crippen molar-refractivity contribution >= 4 is 41.0 Å². The number of amides is 3. The summed E-state index contributed by atoms with van der Waals surface area (Å²) >= 11 is 3.06. The number of carbonyl (C=O) groups is 3. The molecule has 280 valence electrons. The normalized spacial score (nSPS) is 21.9. The highest BCUT2D eigenvalue weighted by Gasteiger charge is 2.55. The molecular weight excluding hydrogens is 696 g/mol. The van der Waals surface area contributed by atoms with Gasteiger partial charge in [0, 0.05) is 17.8 Å². The number of nitroso groups, excluding NO2 is 1. The molecule has 2 aromatic rings. The fraction of sp³-hybridized carbons (Fsp3) is 0.667. The number of aromatic nitrogens is 1. The molecule has 4 atom stereocenters. The van der Waals surface area contributed by atoms with E-state index in [2.05, 4.69) is 15.7 Å². The van der Waals surface area contributed by atoms with Crippen molar-refractivity contribution in [2.75, 3.05) is 25.4 Å². The first kappa shape index (κ1) is 38.9. The van der Waals surface area contributed by atoms with Crippen molar-refractivity contribution in [1.82, 2.24) is 25.5 Å². The highest BCUT2D eigenvalue weighted by molar-refractivity contribution is 8.00. The molecule has 1 aromatic heterocycles. The number of hydrogen-bond donors (Lipinski definition) is 3. The Balaban J connectivity index is 1.25. The third-order valence-electron chi connectivity index (χ3n) is 9.81. The van der Waals surface area contributed by atoms with Crippen LogP contribution in [0.15, 0.2) is 29.8 Å². The number of aliphatic hydroxyl groups excluding tert-OH is 1. The predicted octanol–water partition coefficient (Wildman–Crippen LogP) is 5.53. The molecule has 3 N–H and O–H groups in total. The number of nitrogens with zero attached hydrogens (tertiary/aromatic N) is 4. The summed E-state index contributed by atoms with van der Waals surface area (Å²) < 4.78 is 19.6. The molecule has 2 aliphatic heterocycles. The summed E-state index contributed by atoms with van der Waals surface area (Å²) in [5.41, 5.74) is 4.98. The Morgan fingerprint density at radius 2 is 1.80 bits per heavy atom. The van der Waals surface area contributed by atoms with Gasteiger partial charge in [0.05, 0.1) is 40.1 Å². The Kier molecular flexibility index (Phi) is 11.7. The molecule has 5 rings (SSSR count). The SMILES string of the molecule is Cc1ncsc1-c1ccc([C@H](C)N[N+](=O)[C@@H]2C[C@@H](O)CN2C(=O)[C@@H](NC(=O)C2(F)CC2)C(C)(C)SCC2CCN(C(=O)OC(C)(C)C)CC2)cc1. The molecule has 12 nitrogen and oxygen atoms in total. The predicted molar refractivity (Wildman–Crippen MR) is 196 cm³/mol. The van der Waals surface area contributed by atoms with Crippen molar-refractivity contribution in [3.05, 3.63) is 45.9 Å². The second-order valence-electron chi connectivity index (χ2n) is 15.6. The van der Waals surface area contributed by atoms with Gasteiger partial charge in [-0.25, -0.2) is 14.2 Å². The number of thioether (sulfide) groups is 1. The number of aryl methyl sites for hydroxylation is 1. The second-order valence-corrected chi connectivity index (χ2v) is 18.2. The van der Waals surface area contributed by atoms with Gasteiger partial charge in [-0.15, -0.1) is 16.8 Å². The third-order valence-corrected chi connectivity index (χ3v) is 12.4. The second kappa shape index (κ2) is 15.4. The summed E-state index contributed by atoms with van der Waals surface area (Å²) in [6.45, 7) is 14.0. The van der Waals surface area contributed by atoms with E-state index in [0.29, 0.717) is 23.7 Å². The number of thiazole rings is 1.